The molecule has 18 heavy (non-hydrogen) atoms. The van der Waals surface area contributed by atoms with Crippen LogP contribution in [0.1, 0.15) is 0 Å². The number of aromatic nitrogens is 3. The molecule has 1 aromatic carbocycles. The zero-order chi connectivity index (χ0) is 12.5. The van der Waals surface area contributed by atoms with Gasteiger partial charge in [-0.05, 0) is 17.5 Å². The summed E-state index contributed by atoms with van der Waals surface area (Å²) in [6.45, 7) is 0.118. The van der Waals surface area contributed by atoms with Crippen LogP contribution in [-0.2, 0) is 16.1 Å². The molecule has 0 saturated heterocycles. The predicted octanol–water partition coefficient (Wildman–Crippen LogP) is 0.948. The number of rotatable bonds is 2. The summed E-state index contributed by atoms with van der Waals surface area (Å²) in [5, 5.41) is 6.54. The van der Waals surface area contributed by atoms with Crippen LogP contribution >= 0.6 is 0 Å². The van der Waals surface area contributed by atoms with Crippen LogP contribution in [-0.4, -0.2) is 22.8 Å². The van der Waals surface area contributed by atoms with E-state index in [-0.39, 0.29) is 12.5 Å². The van der Waals surface area contributed by atoms with Crippen LogP contribution in [0.5, 0.6) is 0 Å². The van der Waals surface area contributed by atoms with E-state index in [0.29, 0.717) is 0 Å². The van der Waals surface area contributed by atoms with E-state index in [1.54, 1.807) is 9.20 Å². The standard InChI is InChI=1S/C13H12N3O2/c1-18-13(17)9-15-8-12-11-5-3-2-4-10(11)6-7-16(12)14-15/h2-8H,9H2,1H3/q+1. The summed E-state index contributed by atoms with van der Waals surface area (Å²) in [6, 6.07) is 10.1. The molecule has 0 N–H and O–H groups in total. The van der Waals surface area contributed by atoms with Crippen LogP contribution in [0.15, 0.2) is 42.7 Å². The van der Waals surface area contributed by atoms with Crippen molar-refractivity contribution in [2.45, 2.75) is 6.54 Å². The first kappa shape index (κ1) is 10.7. The third-order valence-corrected chi connectivity index (χ3v) is 2.88. The summed E-state index contributed by atoms with van der Waals surface area (Å²) in [5.74, 6) is -0.312. The fraction of sp³-hybridized carbons (Fsp3) is 0.154. The Hall–Kier alpha value is -2.43. The molecule has 0 saturated carbocycles. The molecule has 0 bridgehead atoms. The molecule has 2 heterocycles. The highest BCUT2D eigenvalue weighted by molar-refractivity contribution is 5.94. The van der Waals surface area contributed by atoms with Gasteiger partial charge in [-0.25, -0.2) is 4.79 Å². The summed E-state index contributed by atoms with van der Waals surface area (Å²) in [6.07, 6.45) is 3.73. The van der Waals surface area contributed by atoms with E-state index in [9.17, 15) is 4.79 Å². The van der Waals surface area contributed by atoms with Gasteiger partial charge in [0.15, 0.2) is 6.20 Å². The van der Waals surface area contributed by atoms with Crippen molar-refractivity contribution in [2.24, 2.45) is 0 Å². The Morgan fingerprint density at radius 2 is 2.22 bits per heavy atom. The highest BCUT2D eigenvalue weighted by Gasteiger charge is 2.14. The lowest BCUT2D eigenvalue weighted by atomic mass is 10.1. The number of carbonyl (C=O) groups is 1. The summed E-state index contributed by atoms with van der Waals surface area (Å²) in [5.41, 5.74) is 0.969. The lowest BCUT2D eigenvalue weighted by Gasteiger charge is -1.93. The molecule has 0 aliphatic carbocycles. The Morgan fingerprint density at radius 1 is 1.39 bits per heavy atom. The summed E-state index contributed by atoms with van der Waals surface area (Å²) >= 11 is 0. The topological polar surface area (TPSA) is 47.5 Å². The van der Waals surface area contributed by atoms with Gasteiger partial charge in [0, 0.05) is 5.39 Å². The fourth-order valence-electron chi connectivity index (χ4n) is 2.00. The second-order valence-electron chi connectivity index (χ2n) is 4.03. The molecule has 3 aromatic rings. The molecule has 0 spiro atoms. The van der Waals surface area contributed by atoms with E-state index in [1.807, 2.05) is 42.7 Å². The van der Waals surface area contributed by atoms with Crippen molar-refractivity contribution in [3.05, 3.63) is 42.7 Å². The van der Waals surface area contributed by atoms with Gasteiger partial charge in [-0.1, -0.05) is 18.2 Å². The van der Waals surface area contributed by atoms with Crippen LogP contribution in [0.25, 0.3) is 16.3 Å². The van der Waals surface area contributed by atoms with Gasteiger partial charge < -0.3 is 4.74 Å². The Morgan fingerprint density at radius 3 is 3.06 bits per heavy atom. The van der Waals surface area contributed by atoms with E-state index in [1.165, 1.54) is 7.11 Å². The molecule has 0 unspecified atom stereocenters. The fourth-order valence-corrected chi connectivity index (χ4v) is 2.00. The number of methoxy groups -OCH3 is 1. The molecular weight excluding hydrogens is 230 g/mol. The molecule has 5 heteroatoms. The summed E-state index contributed by atoms with van der Waals surface area (Å²) in [4.78, 5) is 11.2. The maximum Gasteiger partial charge on any atom is 0.350 e. The van der Waals surface area contributed by atoms with Crippen molar-refractivity contribution in [3.63, 3.8) is 0 Å². The number of pyridine rings is 1. The van der Waals surface area contributed by atoms with E-state index >= 15 is 0 Å². The molecule has 3 rings (SSSR count). The van der Waals surface area contributed by atoms with Gasteiger partial charge in [0.05, 0.1) is 12.3 Å². The van der Waals surface area contributed by atoms with Crippen LogP contribution < -0.4 is 4.68 Å². The SMILES string of the molecule is COC(=O)C[n+]1cc2c3ccccc3ccn2n1. The second kappa shape index (κ2) is 4.10. The van der Waals surface area contributed by atoms with Crippen LogP contribution in [0, 0.1) is 0 Å². The zero-order valence-corrected chi connectivity index (χ0v) is 9.91. The Kier molecular flexibility index (Phi) is 2.44. The van der Waals surface area contributed by atoms with Crippen LogP contribution in [0.3, 0.4) is 0 Å². The van der Waals surface area contributed by atoms with Crippen LogP contribution in [0.4, 0.5) is 0 Å². The number of hydrogen-bond acceptors (Lipinski definition) is 3. The van der Waals surface area contributed by atoms with E-state index < -0.39 is 0 Å². The molecule has 5 nitrogen and oxygen atoms in total. The third-order valence-electron chi connectivity index (χ3n) is 2.88. The minimum Gasteiger partial charge on any atom is -0.466 e. The van der Waals surface area contributed by atoms with Gasteiger partial charge in [-0.15, -0.1) is 9.20 Å². The van der Waals surface area contributed by atoms with Crippen molar-refractivity contribution in [1.82, 2.24) is 9.73 Å². The number of nitrogens with zero attached hydrogens (tertiary/aromatic N) is 3. The van der Waals surface area contributed by atoms with E-state index in [4.69, 9.17) is 0 Å². The van der Waals surface area contributed by atoms with Crippen molar-refractivity contribution >= 4 is 22.3 Å². The van der Waals surface area contributed by atoms with Gasteiger partial charge in [-0.2, -0.15) is 0 Å². The highest BCUT2D eigenvalue weighted by atomic mass is 16.5. The molecule has 2 aromatic heterocycles. The smallest absolute Gasteiger partial charge is 0.350 e. The first-order valence-corrected chi connectivity index (χ1v) is 5.61. The molecule has 0 fully saturated rings. The average molecular weight is 242 g/mol. The minimum atomic E-state index is -0.312. The zero-order valence-electron chi connectivity index (χ0n) is 9.91. The first-order chi connectivity index (χ1) is 8.78. The maximum atomic E-state index is 11.2. The quantitative estimate of drug-likeness (QED) is 0.496. The maximum absolute atomic E-state index is 11.2. The van der Waals surface area contributed by atoms with E-state index in [0.717, 1.165) is 16.3 Å². The molecule has 0 aliphatic rings. The predicted molar refractivity (Wildman–Crippen MR) is 64.9 cm³/mol. The van der Waals surface area contributed by atoms with Crippen molar-refractivity contribution in [2.75, 3.05) is 7.11 Å². The van der Waals surface area contributed by atoms with Gasteiger partial charge in [0.25, 0.3) is 0 Å². The molecule has 0 atom stereocenters. The number of esters is 1. The number of ether oxygens (including phenoxy) is 1. The molecular formula is C13H12N3O2+. The van der Waals surface area contributed by atoms with Gasteiger partial charge in [-0.3, -0.25) is 0 Å². The third kappa shape index (κ3) is 1.69. The van der Waals surface area contributed by atoms with Crippen molar-refractivity contribution in [1.29, 1.82) is 0 Å². The average Bonchev–Trinajstić information content (AvgIpc) is 2.81. The number of carbonyl (C=O) groups excluding carboxylic acids is 1. The largest absolute Gasteiger partial charge is 0.466 e. The van der Waals surface area contributed by atoms with E-state index in [2.05, 4.69) is 9.95 Å². The van der Waals surface area contributed by atoms with Gasteiger partial charge in [0.2, 0.25) is 12.1 Å². The normalized spacial score (nSPS) is 10.9. The van der Waals surface area contributed by atoms with Gasteiger partial charge >= 0.3 is 5.97 Å². The molecule has 0 amide bonds. The minimum absolute atomic E-state index is 0.118. The molecule has 90 valence electrons. The first-order valence-electron chi connectivity index (χ1n) is 5.61. The van der Waals surface area contributed by atoms with Crippen molar-refractivity contribution in [3.8, 4) is 0 Å². The Balaban J connectivity index is 2.16. The second-order valence-corrected chi connectivity index (χ2v) is 4.03. The van der Waals surface area contributed by atoms with Crippen LogP contribution in [0.2, 0.25) is 0 Å². The Labute approximate surface area is 103 Å². The number of fused-ring (bicyclic) bond motifs is 3. The molecule has 0 radical (unpaired) electrons. The van der Waals surface area contributed by atoms with Crippen molar-refractivity contribution < 1.29 is 14.2 Å². The summed E-state index contributed by atoms with van der Waals surface area (Å²) in [7, 11) is 1.37. The lowest BCUT2D eigenvalue weighted by Crippen LogP contribution is -2.40. The molecule has 0 aliphatic heterocycles. The summed E-state index contributed by atoms with van der Waals surface area (Å²) < 4.78 is 7.96. The Bertz CT molecular complexity index is 733. The van der Waals surface area contributed by atoms with Gasteiger partial charge in [0.1, 0.15) is 6.20 Å². The lowest BCUT2D eigenvalue weighted by molar-refractivity contribution is -0.743. The monoisotopic (exact) mass is 242 g/mol. The number of benzene rings is 1. The number of hydrogen-bond donors (Lipinski definition) is 0. The highest BCUT2D eigenvalue weighted by Crippen LogP contribution is 2.17.